The van der Waals surface area contributed by atoms with Crippen LogP contribution in [0.4, 0.5) is 4.39 Å². The van der Waals surface area contributed by atoms with Gasteiger partial charge in [0.2, 0.25) is 0 Å². The van der Waals surface area contributed by atoms with E-state index in [2.05, 4.69) is 15.0 Å². The van der Waals surface area contributed by atoms with Crippen LogP contribution < -0.4 is 5.32 Å². The molecule has 0 spiro atoms. The van der Waals surface area contributed by atoms with Gasteiger partial charge in [-0.15, -0.1) is 0 Å². The number of unbranched alkanes of at least 4 members (excludes halogenated alkanes) is 2. The van der Waals surface area contributed by atoms with Gasteiger partial charge in [0, 0.05) is 19.2 Å². The van der Waals surface area contributed by atoms with Crippen LogP contribution in [0.5, 0.6) is 0 Å². The van der Waals surface area contributed by atoms with Crippen molar-refractivity contribution in [1.82, 2.24) is 10.3 Å². The summed E-state index contributed by atoms with van der Waals surface area (Å²) in [7, 11) is 1.36. The highest BCUT2D eigenvalue weighted by Crippen LogP contribution is 2.02. The molecule has 0 atom stereocenters. The number of aromatic nitrogens is 1. The van der Waals surface area contributed by atoms with Crippen molar-refractivity contribution in [3.8, 4) is 0 Å². The maximum absolute atomic E-state index is 12.8. The smallest absolute Gasteiger partial charge is 0.305 e. The summed E-state index contributed by atoms with van der Waals surface area (Å²) in [5, 5.41) is 2.67. The number of esters is 1. The molecule has 1 aromatic heterocycles. The van der Waals surface area contributed by atoms with Crippen LogP contribution in [0.25, 0.3) is 0 Å². The van der Waals surface area contributed by atoms with E-state index in [1.54, 1.807) is 0 Å². The first-order valence-corrected chi connectivity index (χ1v) is 6.09. The zero-order chi connectivity index (χ0) is 14.1. The first-order chi connectivity index (χ1) is 9.13. The summed E-state index contributed by atoms with van der Waals surface area (Å²) in [6, 6.07) is 1.14. The Morgan fingerprint density at radius 3 is 2.79 bits per heavy atom. The lowest BCUT2D eigenvalue weighted by Gasteiger charge is -2.04. The van der Waals surface area contributed by atoms with Crippen LogP contribution in [-0.4, -0.2) is 30.5 Å². The van der Waals surface area contributed by atoms with E-state index in [-0.39, 0.29) is 17.4 Å². The fourth-order valence-electron chi connectivity index (χ4n) is 1.51. The van der Waals surface area contributed by atoms with Crippen molar-refractivity contribution in [2.24, 2.45) is 0 Å². The molecule has 0 aliphatic carbocycles. The van der Waals surface area contributed by atoms with E-state index in [1.807, 2.05) is 0 Å². The Labute approximate surface area is 111 Å². The van der Waals surface area contributed by atoms with Gasteiger partial charge in [-0.25, -0.2) is 4.39 Å². The third-order valence-corrected chi connectivity index (χ3v) is 2.54. The minimum Gasteiger partial charge on any atom is -0.469 e. The van der Waals surface area contributed by atoms with Gasteiger partial charge in [0.15, 0.2) is 0 Å². The zero-order valence-electron chi connectivity index (χ0n) is 10.8. The second-order valence-corrected chi connectivity index (χ2v) is 4.03. The van der Waals surface area contributed by atoms with Gasteiger partial charge < -0.3 is 10.1 Å². The zero-order valence-corrected chi connectivity index (χ0v) is 10.8. The van der Waals surface area contributed by atoms with E-state index in [4.69, 9.17) is 0 Å². The van der Waals surface area contributed by atoms with Gasteiger partial charge >= 0.3 is 5.97 Å². The Morgan fingerprint density at radius 2 is 2.11 bits per heavy atom. The number of rotatable bonds is 7. The number of nitrogens with zero attached hydrogens (tertiary/aromatic N) is 1. The number of hydrogen-bond acceptors (Lipinski definition) is 4. The molecule has 1 N–H and O–H groups in total. The minimum absolute atomic E-state index is 0.203. The summed E-state index contributed by atoms with van der Waals surface area (Å²) in [4.78, 5) is 26.0. The molecule has 0 aliphatic heterocycles. The lowest BCUT2D eigenvalue weighted by Crippen LogP contribution is -2.24. The van der Waals surface area contributed by atoms with E-state index in [9.17, 15) is 14.0 Å². The minimum atomic E-state index is -0.536. The van der Waals surface area contributed by atoms with Crippen LogP contribution in [0.2, 0.25) is 0 Å². The van der Waals surface area contributed by atoms with Crippen LogP contribution in [0.3, 0.4) is 0 Å². The summed E-state index contributed by atoms with van der Waals surface area (Å²) in [6.45, 7) is 0.483. The molecule has 0 saturated carbocycles. The molecule has 0 fully saturated rings. The third-order valence-electron chi connectivity index (χ3n) is 2.54. The van der Waals surface area contributed by atoms with Gasteiger partial charge in [-0.2, -0.15) is 0 Å². The predicted octanol–water partition coefficient (Wildman–Crippen LogP) is 1.68. The quantitative estimate of drug-likeness (QED) is 0.603. The van der Waals surface area contributed by atoms with Crippen molar-refractivity contribution in [3.63, 3.8) is 0 Å². The number of pyridine rings is 1. The Hall–Kier alpha value is -1.98. The van der Waals surface area contributed by atoms with Crippen molar-refractivity contribution < 1.29 is 18.7 Å². The topological polar surface area (TPSA) is 68.3 Å². The number of hydrogen-bond donors (Lipinski definition) is 1. The fraction of sp³-hybridized carbons (Fsp3) is 0.462. The highest BCUT2D eigenvalue weighted by molar-refractivity contribution is 5.93. The number of carbonyl (C=O) groups is 2. The van der Waals surface area contributed by atoms with Crippen LogP contribution in [-0.2, 0) is 9.53 Å². The second-order valence-electron chi connectivity index (χ2n) is 4.03. The average Bonchev–Trinajstić information content (AvgIpc) is 2.42. The molecule has 1 heterocycles. The van der Waals surface area contributed by atoms with Crippen molar-refractivity contribution >= 4 is 11.9 Å². The number of amides is 1. The molecule has 0 bridgehead atoms. The largest absolute Gasteiger partial charge is 0.469 e. The molecular weight excluding hydrogens is 251 g/mol. The summed E-state index contributed by atoms with van der Waals surface area (Å²) in [6.07, 6.45) is 5.05. The van der Waals surface area contributed by atoms with E-state index >= 15 is 0 Å². The van der Waals surface area contributed by atoms with Gasteiger partial charge in [0.1, 0.15) is 5.82 Å². The number of halogens is 1. The molecule has 6 heteroatoms. The maximum atomic E-state index is 12.8. The predicted molar refractivity (Wildman–Crippen MR) is 67.0 cm³/mol. The average molecular weight is 268 g/mol. The first-order valence-electron chi connectivity index (χ1n) is 6.09. The van der Waals surface area contributed by atoms with Crippen LogP contribution in [0, 0.1) is 5.82 Å². The first kappa shape index (κ1) is 15.1. The van der Waals surface area contributed by atoms with E-state index in [0.717, 1.165) is 31.5 Å². The van der Waals surface area contributed by atoms with Gasteiger partial charge in [0.25, 0.3) is 5.91 Å². The Bertz CT molecular complexity index is 438. The standard InChI is InChI=1S/C13H17FN2O3/c1-19-12(17)5-3-2-4-6-16-13(18)10-7-11(14)9-15-8-10/h7-9H,2-6H2,1H3,(H,16,18). The maximum Gasteiger partial charge on any atom is 0.305 e. The van der Waals surface area contributed by atoms with Gasteiger partial charge in [-0.1, -0.05) is 6.42 Å². The van der Waals surface area contributed by atoms with Crippen molar-refractivity contribution in [2.45, 2.75) is 25.7 Å². The molecular formula is C13H17FN2O3. The number of ether oxygens (including phenoxy) is 1. The normalized spacial score (nSPS) is 10.0. The molecule has 0 aliphatic rings. The summed E-state index contributed by atoms with van der Waals surface area (Å²) >= 11 is 0. The van der Waals surface area contributed by atoms with Gasteiger partial charge in [-0.05, 0) is 18.9 Å². The monoisotopic (exact) mass is 268 g/mol. The third kappa shape index (κ3) is 5.94. The van der Waals surface area contributed by atoms with E-state index in [1.165, 1.54) is 13.3 Å². The molecule has 0 unspecified atom stereocenters. The molecule has 104 valence electrons. The van der Waals surface area contributed by atoms with Crippen molar-refractivity contribution in [3.05, 3.63) is 29.8 Å². The van der Waals surface area contributed by atoms with Crippen molar-refractivity contribution in [2.75, 3.05) is 13.7 Å². The second kappa shape index (κ2) is 8.18. The highest BCUT2D eigenvalue weighted by Gasteiger charge is 2.06. The van der Waals surface area contributed by atoms with Crippen LogP contribution in [0.1, 0.15) is 36.0 Å². The number of carbonyl (C=O) groups excluding carboxylic acids is 2. The molecule has 1 amide bonds. The fourth-order valence-corrected chi connectivity index (χ4v) is 1.51. The molecule has 0 saturated heterocycles. The van der Waals surface area contributed by atoms with Crippen molar-refractivity contribution in [1.29, 1.82) is 0 Å². The van der Waals surface area contributed by atoms with Crippen LogP contribution in [0.15, 0.2) is 18.5 Å². The van der Waals surface area contributed by atoms with Gasteiger partial charge in [0.05, 0.1) is 18.9 Å². The highest BCUT2D eigenvalue weighted by atomic mass is 19.1. The van der Waals surface area contributed by atoms with E-state index < -0.39 is 5.82 Å². The molecule has 5 nitrogen and oxygen atoms in total. The Kier molecular flexibility index (Phi) is 6.49. The molecule has 19 heavy (non-hydrogen) atoms. The molecule has 1 aromatic rings. The lowest BCUT2D eigenvalue weighted by atomic mass is 10.2. The lowest BCUT2D eigenvalue weighted by molar-refractivity contribution is -0.140. The Morgan fingerprint density at radius 1 is 1.32 bits per heavy atom. The number of methoxy groups -OCH3 is 1. The van der Waals surface area contributed by atoms with E-state index in [0.29, 0.717) is 13.0 Å². The van der Waals surface area contributed by atoms with Crippen LogP contribution >= 0.6 is 0 Å². The summed E-state index contributed by atoms with van der Waals surface area (Å²) < 4.78 is 17.4. The number of nitrogens with one attached hydrogen (secondary N) is 1. The molecule has 0 aromatic carbocycles. The summed E-state index contributed by atoms with van der Waals surface area (Å²) in [5.41, 5.74) is 0.203. The van der Waals surface area contributed by atoms with Gasteiger partial charge in [-0.3, -0.25) is 14.6 Å². The Balaban J connectivity index is 2.16. The summed E-state index contributed by atoms with van der Waals surface area (Å²) in [5.74, 6) is -1.11. The SMILES string of the molecule is COC(=O)CCCCCNC(=O)c1cncc(F)c1. The molecule has 1 rings (SSSR count). The molecule has 0 radical (unpaired) electrons.